The number of hydrogen-bond acceptors (Lipinski definition) is 3. The first-order valence-corrected chi connectivity index (χ1v) is 5.93. The summed E-state index contributed by atoms with van der Waals surface area (Å²) in [7, 11) is 0. The molecular formula is C14H14N2O3. The minimum atomic E-state index is -1.50. The number of anilines is 1. The lowest BCUT2D eigenvalue weighted by molar-refractivity contribution is -0.742. The van der Waals surface area contributed by atoms with Gasteiger partial charge in [-0.3, -0.25) is 0 Å². The minimum Gasteiger partial charge on any atom is -0.347 e. The van der Waals surface area contributed by atoms with Gasteiger partial charge in [0, 0.05) is 23.8 Å². The summed E-state index contributed by atoms with van der Waals surface area (Å²) in [6, 6.07) is 15.0. The van der Waals surface area contributed by atoms with Gasteiger partial charge in [-0.1, -0.05) is 42.5 Å². The molecule has 0 atom stereocenters. The first kappa shape index (κ1) is 12.9. The topological polar surface area (TPSA) is 66.6 Å². The molecule has 0 unspecified atom stereocenters. The highest BCUT2D eigenvalue weighted by molar-refractivity contribution is 5.94. The van der Waals surface area contributed by atoms with Crippen molar-refractivity contribution in [2.45, 2.75) is 6.42 Å². The molecule has 1 N–H and O–H groups in total. The standard InChI is InChI=1S/C14H13N.HNO3/c1-2-8-13-12(6-1)7-5-9-14(13)15-10-3-4-11-15;2-1(3)4/h1-3,5-10H,4,11H2;(H,2,3,4). The van der Waals surface area contributed by atoms with Gasteiger partial charge in [0.25, 0.3) is 5.09 Å². The molecular weight excluding hydrogens is 244 g/mol. The summed E-state index contributed by atoms with van der Waals surface area (Å²) in [6.45, 7) is 1.11. The lowest BCUT2D eigenvalue weighted by Crippen LogP contribution is -2.12. The molecule has 0 aromatic heterocycles. The second kappa shape index (κ2) is 5.86. The Hall–Kier alpha value is -2.56. The highest BCUT2D eigenvalue weighted by Crippen LogP contribution is 2.28. The van der Waals surface area contributed by atoms with Crippen molar-refractivity contribution in [1.82, 2.24) is 0 Å². The summed E-state index contributed by atoms with van der Waals surface area (Å²) in [5, 5.41) is 16.3. The summed E-state index contributed by atoms with van der Waals surface area (Å²) < 4.78 is 0. The number of rotatable bonds is 1. The van der Waals surface area contributed by atoms with Gasteiger partial charge in [-0.2, -0.15) is 0 Å². The molecule has 98 valence electrons. The average Bonchev–Trinajstić information content (AvgIpc) is 2.91. The lowest BCUT2D eigenvalue weighted by Gasteiger charge is -2.17. The number of nitrogens with zero attached hydrogens (tertiary/aromatic N) is 2. The monoisotopic (exact) mass is 258 g/mol. The fraction of sp³-hybridized carbons (Fsp3) is 0.143. The Balaban J connectivity index is 0.000000297. The van der Waals surface area contributed by atoms with Crippen LogP contribution in [0.1, 0.15) is 6.42 Å². The van der Waals surface area contributed by atoms with E-state index in [1.54, 1.807) is 0 Å². The van der Waals surface area contributed by atoms with Crippen molar-refractivity contribution >= 4 is 16.5 Å². The summed E-state index contributed by atoms with van der Waals surface area (Å²) in [5.74, 6) is 0. The third-order valence-electron chi connectivity index (χ3n) is 2.90. The van der Waals surface area contributed by atoms with Crippen molar-refractivity contribution in [3.05, 3.63) is 64.9 Å². The highest BCUT2D eigenvalue weighted by Gasteiger charge is 2.09. The molecule has 0 amide bonds. The molecule has 0 radical (unpaired) electrons. The van der Waals surface area contributed by atoms with Crippen molar-refractivity contribution in [2.24, 2.45) is 0 Å². The Bertz CT molecular complexity index is 601. The molecule has 0 bridgehead atoms. The van der Waals surface area contributed by atoms with E-state index >= 15 is 0 Å². The SMILES string of the molecule is C1=CN(c2cccc3ccccc23)CC1.O=[N+]([O-])O. The maximum atomic E-state index is 8.36. The van der Waals surface area contributed by atoms with E-state index < -0.39 is 5.09 Å². The predicted molar refractivity (Wildman–Crippen MR) is 73.8 cm³/mol. The largest absolute Gasteiger partial charge is 0.347 e. The van der Waals surface area contributed by atoms with Gasteiger partial charge in [-0.15, -0.1) is 10.1 Å². The summed E-state index contributed by atoms with van der Waals surface area (Å²) >= 11 is 0. The number of benzene rings is 2. The Morgan fingerprint density at radius 3 is 2.53 bits per heavy atom. The van der Waals surface area contributed by atoms with E-state index in [9.17, 15) is 0 Å². The quantitative estimate of drug-likeness (QED) is 0.630. The second-order valence-corrected chi connectivity index (χ2v) is 4.10. The van der Waals surface area contributed by atoms with Gasteiger partial charge in [0.05, 0.1) is 0 Å². The lowest BCUT2D eigenvalue weighted by atomic mass is 10.1. The molecule has 1 aliphatic rings. The normalized spacial score (nSPS) is 13.2. The van der Waals surface area contributed by atoms with Crippen LogP contribution in [0, 0.1) is 10.1 Å². The molecule has 0 saturated heterocycles. The van der Waals surface area contributed by atoms with Crippen LogP contribution in [0.25, 0.3) is 10.8 Å². The van der Waals surface area contributed by atoms with Gasteiger partial charge < -0.3 is 10.1 Å². The van der Waals surface area contributed by atoms with E-state index in [-0.39, 0.29) is 0 Å². The molecule has 0 spiro atoms. The van der Waals surface area contributed by atoms with Crippen LogP contribution in [0.2, 0.25) is 0 Å². The molecule has 1 aliphatic heterocycles. The fourth-order valence-electron chi connectivity index (χ4n) is 2.15. The number of hydrogen-bond donors (Lipinski definition) is 1. The van der Waals surface area contributed by atoms with Crippen molar-refractivity contribution in [2.75, 3.05) is 11.4 Å². The van der Waals surface area contributed by atoms with Crippen molar-refractivity contribution < 1.29 is 10.3 Å². The zero-order valence-corrected chi connectivity index (χ0v) is 10.3. The fourth-order valence-corrected chi connectivity index (χ4v) is 2.15. The Morgan fingerprint density at radius 1 is 1.16 bits per heavy atom. The third-order valence-corrected chi connectivity index (χ3v) is 2.90. The molecule has 0 fully saturated rings. The van der Waals surface area contributed by atoms with Gasteiger partial charge in [-0.25, -0.2) is 0 Å². The van der Waals surface area contributed by atoms with Gasteiger partial charge in [0.2, 0.25) is 0 Å². The third kappa shape index (κ3) is 3.22. The Morgan fingerprint density at radius 2 is 1.84 bits per heavy atom. The molecule has 5 nitrogen and oxygen atoms in total. The highest BCUT2D eigenvalue weighted by atomic mass is 16.9. The van der Waals surface area contributed by atoms with Crippen LogP contribution < -0.4 is 4.90 Å². The van der Waals surface area contributed by atoms with Crippen LogP contribution in [0.5, 0.6) is 0 Å². The zero-order valence-electron chi connectivity index (χ0n) is 10.3. The van der Waals surface area contributed by atoms with Crippen molar-refractivity contribution in [3.8, 4) is 0 Å². The van der Waals surface area contributed by atoms with E-state index in [1.165, 1.54) is 16.5 Å². The van der Waals surface area contributed by atoms with Crippen LogP contribution in [0.15, 0.2) is 54.7 Å². The second-order valence-electron chi connectivity index (χ2n) is 4.10. The molecule has 2 aromatic rings. The van der Waals surface area contributed by atoms with E-state index in [0.717, 1.165) is 13.0 Å². The molecule has 1 heterocycles. The number of fused-ring (bicyclic) bond motifs is 1. The van der Waals surface area contributed by atoms with Crippen LogP contribution in [0.3, 0.4) is 0 Å². The van der Waals surface area contributed by atoms with Crippen LogP contribution >= 0.6 is 0 Å². The van der Waals surface area contributed by atoms with Crippen molar-refractivity contribution in [3.63, 3.8) is 0 Å². The van der Waals surface area contributed by atoms with E-state index in [2.05, 4.69) is 59.6 Å². The molecule has 19 heavy (non-hydrogen) atoms. The molecule has 3 rings (SSSR count). The van der Waals surface area contributed by atoms with E-state index in [4.69, 9.17) is 15.3 Å². The van der Waals surface area contributed by atoms with Gasteiger partial charge >= 0.3 is 0 Å². The van der Waals surface area contributed by atoms with Crippen molar-refractivity contribution in [1.29, 1.82) is 0 Å². The Kier molecular flexibility index (Phi) is 3.97. The van der Waals surface area contributed by atoms with Crippen LogP contribution in [0.4, 0.5) is 5.69 Å². The predicted octanol–water partition coefficient (Wildman–Crippen LogP) is 3.22. The maximum Gasteiger partial charge on any atom is 0.291 e. The maximum absolute atomic E-state index is 8.36. The molecule has 2 aromatic carbocycles. The molecule has 5 heteroatoms. The van der Waals surface area contributed by atoms with E-state index in [0.29, 0.717) is 0 Å². The first-order chi connectivity index (χ1) is 9.18. The first-order valence-electron chi connectivity index (χ1n) is 5.93. The Labute approximate surface area is 110 Å². The zero-order chi connectivity index (χ0) is 13.7. The average molecular weight is 258 g/mol. The smallest absolute Gasteiger partial charge is 0.291 e. The van der Waals surface area contributed by atoms with Crippen LogP contribution in [-0.4, -0.2) is 16.8 Å². The van der Waals surface area contributed by atoms with E-state index in [1.807, 2.05) is 0 Å². The molecule has 0 saturated carbocycles. The van der Waals surface area contributed by atoms with Gasteiger partial charge in [-0.05, 0) is 17.9 Å². The summed E-state index contributed by atoms with van der Waals surface area (Å²) in [6.07, 6.45) is 5.56. The minimum absolute atomic E-state index is 1.11. The van der Waals surface area contributed by atoms with Gasteiger partial charge in [0.15, 0.2) is 0 Å². The van der Waals surface area contributed by atoms with Gasteiger partial charge in [0.1, 0.15) is 0 Å². The summed E-state index contributed by atoms with van der Waals surface area (Å²) in [4.78, 5) is 10.7. The van der Waals surface area contributed by atoms with Crippen LogP contribution in [-0.2, 0) is 0 Å². The summed E-state index contributed by atoms with van der Waals surface area (Å²) in [5.41, 5.74) is 1.32. The molecule has 0 aliphatic carbocycles.